The molecule has 0 saturated carbocycles. The molecule has 1 atom stereocenters. The number of hydrogen-bond donors (Lipinski definition) is 0. The first kappa shape index (κ1) is 14.0. The van der Waals surface area contributed by atoms with E-state index >= 15 is 0 Å². The number of rotatable bonds is 2. The Morgan fingerprint density at radius 1 is 1.29 bits per heavy atom. The Kier molecular flexibility index (Phi) is 3.41. The van der Waals surface area contributed by atoms with Crippen molar-refractivity contribution in [1.82, 2.24) is 9.97 Å². The summed E-state index contributed by atoms with van der Waals surface area (Å²) >= 11 is 5.90. The van der Waals surface area contributed by atoms with E-state index in [9.17, 15) is 4.79 Å². The number of ether oxygens (including phenoxy) is 1. The number of fused-ring (bicyclic) bond motifs is 1. The maximum Gasteiger partial charge on any atom is 0.212 e. The van der Waals surface area contributed by atoms with Crippen molar-refractivity contribution >= 4 is 17.4 Å². The molecule has 0 bridgehead atoms. The SMILES string of the molecule is COc1ccc(C2(C)CCc3nc(Cl)ccc3C2=O)cn1. The second-order valence-electron chi connectivity index (χ2n) is 5.38. The molecule has 5 heteroatoms. The lowest BCUT2D eigenvalue weighted by Crippen LogP contribution is -2.37. The number of hydrogen-bond acceptors (Lipinski definition) is 4. The van der Waals surface area contributed by atoms with Gasteiger partial charge >= 0.3 is 0 Å². The van der Waals surface area contributed by atoms with E-state index in [0.29, 0.717) is 23.0 Å². The average Bonchev–Trinajstić information content (AvgIpc) is 2.51. The molecule has 0 amide bonds. The van der Waals surface area contributed by atoms with Crippen LogP contribution in [0.15, 0.2) is 30.5 Å². The topological polar surface area (TPSA) is 52.1 Å². The van der Waals surface area contributed by atoms with Crippen molar-refractivity contribution < 1.29 is 9.53 Å². The van der Waals surface area contributed by atoms with Crippen LogP contribution >= 0.6 is 11.6 Å². The van der Waals surface area contributed by atoms with Crippen LogP contribution < -0.4 is 4.74 Å². The monoisotopic (exact) mass is 302 g/mol. The predicted molar refractivity (Wildman–Crippen MR) is 80.0 cm³/mol. The van der Waals surface area contributed by atoms with Gasteiger partial charge in [0.25, 0.3) is 0 Å². The first-order chi connectivity index (χ1) is 10.0. The van der Waals surface area contributed by atoms with Gasteiger partial charge in [0.2, 0.25) is 5.88 Å². The largest absolute Gasteiger partial charge is 0.481 e. The molecule has 4 nitrogen and oxygen atoms in total. The van der Waals surface area contributed by atoms with Gasteiger partial charge in [-0.1, -0.05) is 17.7 Å². The Morgan fingerprint density at radius 2 is 2.10 bits per heavy atom. The molecule has 1 aliphatic rings. The molecule has 3 rings (SSSR count). The summed E-state index contributed by atoms with van der Waals surface area (Å²) in [6.07, 6.45) is 3.13. The molecule has 0 saturated heterocycles. The van der Waals surface area contributed by atoms with Gasteiger partial charge in [-0.15, -0.1) is 0 Å². The molecule has 0 radical (unpaired) electrons. The van der Waals surface area contributed by atoms with Crippen LogP contribution in [0.2, 0.25) is 5.15 Å². The highest BCUT2D eigenvalue weighted by atomic mass is 35.5. The predicted octanol–water partition coefficient (Wildman–Crippen LogP) is 3.23. The zero-order valence-electron chi connectivity index (χ0n) is 11.9. The molecule has 0 spiro atoms. The van der Waals surface area contributed by atoms with Gasteiger partial charge < -0.3 is 4.74 Å². The molecule has 0 aliphatic heterocycles. The van der Waals surface area contributed by atoms with Crippen molar-refractivity contribution in [2.75, 3.05) is 7.11 Å². The average molecular weight is 303 g/mol. The zero-order chi connectivity index (χ0) is 15.0. The first-order valence-corrected chi connectivity index (χ1v) is 7.13. The van der Waals surface area contributed by atoms with Crippen LogP contribution in [-0.4, -0.2) is 22.9 Å². The lowest BCUT2D eigenvalue weighted by Gasteiger charge is -2.33. The summed E-state index contributed by atoms with van der Waals surface area (Å²) in [6.45, 7) is 1.95. The highest BCUT2D eigenvalue weighted by molar-refractivity contribution is 6.29. The van der Waals surface area contributed by atoms with Gasteiger partial charge in [-0.3, -0.25) is 4.79 Å². The number of Topliss-reactive ketones (excluding diaryl/α,β-unsaturated/α-hetero) is 1. The fourth-order valence-electron chi connectivity index (χ4n) is 2.75. The number of carbonyl (C=O) groups is 1. The highest BCUT2D eigenvalue weighted by Gasteiger charge is 2.40. The van der Waals surface area contributed by atoms with Crippen LogP contribution in [0, 0.1) is 0 Å². The zero-order valence-corrected chi connectivity index (χ0v) is 12.6. The standard InChI is InChI=1S/C16H15ClN2O2/c1-16(10-3-6-14(21-2)18-9-10)8-7-12-11(15(16)20)4-5-13(17)19-12/h3-6,9H,7-8H2,1-2H3. The van der Waals surface area contributed by atoms with Gasteiger partial charge in [0.05, 0.1) is 18.2 Å². The summed E-state index contributed by atoms with van der Waals surface area (Å²) in [5, 5.41) is 0.427. The van der Waals surface area contributed by atoms with Crippen LogP contribution in [0.1, 0.15) is 35.0 Å². The van der Waals surface area contributed by atoms with E-state index in [1.165, 1.54) is 0 Å². The van der Waals surface area contributed by atoms with E-state index in [1.54, 1.807) is 31.5 Å². The Morgan fingerprint density at radius 3 is 2.76 bits per heavy atom. The van der Waals surface area contributed by atoms with Gasteiger partial charge in [0, 0.05) is 17.8 Å². The number of halogens is 1. The third kappa shape index (κ3) is 2.29. The lowest BCUT2D eigenvalue weighted by atomic mass is 9.69. The maximum absolute atomic E-state index is 12.9. The van der Waals surface area contributed by atoms with Crippen LogP contribution in [0.3, 0.4) is 0 Å². The number of pyridine rings is 2. The number of ketones is 1. The molecule has 0 N–H and O–H groups in total. The molecule has 21 heavy (non-hydrogen) atoms. The van der Waals surface area contributed by atoms with E-state index in [4.69, 9.17) is 16.3 Å². The fourth-order valence-corrected chi connectivity index (χ4v) is 2.92. The number of aryl methyl sites for hydroxylation is 1. The van der Waals surface area contributed by atoms with E-state index in [0.717, 1.165) is 17.7 Å². The maximum atomic E-state index is 12.9. The van der Waals surface area contributed by atoms with Crippen LogP contribution in [0.5, 0.6) is 5.88 Å². The molecule has 108 valence electrons. The third-order valence-electron chi connectivity index (χ3n) is 4.13. The summed E-state index contributed by atoms with van der Waals surface area (Å²) in [7, 11) is 1.57. The summed E-state index contributed by atoms with van der Waals surface area (Å²) in [6, 6.07) is 7.11. The number of nitrogens with zero attached hydrogens (tertiary/aromatic N) is 2. The normalized spacial score (nSPS) is 21.0. The van der Waals surface area contributed by atoms with Gasteiger partial charge in [-0.05, 0) is 37.5 Å². The molecule has 2 aromatic heterocycles. The minimum Gasteiger partial charge on any atom is -0.481 e. The Bertz CT molecular complexity index is 700. The number of methoxy groups -OCH3 is 1. The second kappa shape index (κ2) is 5.11. The quantitative estimate of drug-likeness (QED) is 0.799. The summed E-state index contributed by atoms with van der Waals surface area (Å²) in [5.41, 5.74) is 1.76. The smallest absolute Gasteiger partial charge is 0.212 e. The van der Waals surface area contributed by atoms with E-state index in [2.05, 4.69) is 9.97 Å². The van der Waals surface area contributed by atoms with Crippen LogP contribution in [0.25, 0.3) is 0 Å². The lowest BCUT2D eigenvalue weighted by molar-refractivity contribution is 0.0874. The van der Waals surface area contributed by atoms with Crippen molar-refractivity contribution in [3.63, 3.8) is 0 Å². The van der Waals surface area contributed by atoms with Gasteiger partial charge in [0.15, 0.2) is 5.78 Å². The summed E-state index contributed by atoms with van der Waals surface area (Å²) in [4.78, 5) is 21.3. The molecule has 2 heterocycles. The molecule has 1 unspecified atom stereocenters. The highest BCUT2D eigenvalue weighted by Crippen LogP contribution is 2.38. The summed E-state index contributed by atoms with van der Waals surface area (Å²) < 4.78 is 5.07. The van der Waals surface area contributed by atoms with E-state index in [1.807, 2.05) is 13.0 Å². The Labute approximate surface area is 128 Å². The third-order valence-corrected chi connectivity index (χ3v) is 4.34. The number of carbonyl (C=O) groups excluding carboxylic acids is 1. The minimum absolute atomic E-state index is 0.0693. The second-order valence-corrected chi connectivity index (χ2v) is 5.77. The van der Waals surface area contributed by atoms with Crippen LogP contribution in [0.4, 0.5) is 0 Å². The van der Waals surface area contributed by atoms with Gasteiger partial charge in [0.1, 0.15) is 5.15 Å². The van der Waals surface area contributed by atoms with Crippen molar-refractivity contribution in [2.45, 2.75) is 25.2 Å². The van der Waals surface area contributed by atoms with Gasteiger partial charge in [-0.25, -0.2) is 9.97 Å². The minimum atomic E-state index is -0.582. The van der Waals surface area contributed by atoms with Crippen molar-refractivity contribution in [2.24, 2.45) is 0 Å². The number of aromatic nitrogens is 2. The Hall–Kier alpha value is -1.94. The van der Waals surface area contributed by atoms with E-state index < -0.39 is 5.41 Å². The van der Waals surface area contributed by atoms with E-state index in [-0.39, 0.29) is 5.78 Å². The first-order valence-electron chi connectivity index (χ1n) is 6.75. The van der Waals surface area contributed by atoms with Crippen molar-refractivity contribution in [3.8, 4) is 5.88 Å². The fraction of sp³-hybridized carbons (Fsp3) is 0.312. The van der Waals surface area contributed by atoms with Crippen molar-refractivity contribution in [1.29, 1.82) is 0 Å². The molecule has 2 aromatic rings. The molecule has 1 aliphatic carbocycles. The molecule has 0 fully saturated rings. The molecular formula is C16H15ClN2O2. The van der Waals surface area contributed by atoms with Gasteiger partial charge in [-0.2, -0.15) is 0 Å². The summed E-state index contributed by atoms with van der Waals surface area (Å²) in [5.74, 6) is 0.611. The molecular weight excluding hydrogens is 288 g/mol. The van der Waals surface area contributed by atoms with Crippen LogP contribution in [-0.2, 0) is 11.8 Å². The Balaban J connectivity index is 2.02. The molecule has 0 aromatic carbocycles. The van der Waals surface area contributed by atoms with Crippen molar-refractivity contribution in [3.05, 3.63) is 52.4 Å².